The molecule has 1 rings (SSSR count). The fraction of sp³-hybridized carbons (Fsp3) is 1.00. The molecule has 1 saturated heterocycles. The summed E-state index contributed by atoms with van der Waals surface area (Å²) in [6, 6.07) is 0. The van der Waals surface area contributed by atoms with E-state index in [1.165, 1.54) is 64.8 Å². The largest absolute Gasteiger partial charge is 0.315 e. The Bertz CT molecular complexity index is 202. The van der Waals surface area contributed by atoms with E-state index >= 15 is 0 Å². The molecule has 0 bridgehead atoms. The lowest BCUT2D eigenvalue weighted by molar-refractivity contribution is 0.227. The highest BCUT2D eigenvalue weighted by Crippen LogP contribution is 2.25. The van der Waals surface area contributed by atoms with Gasteiger partial charge in [-0.1, -0.05) is 34.1 Å². The summed E-state index contributed by atoms with van der Waals surface area (Å²) < 4.78 is 0. The zero-order valence-electron chi connectivity index (χ0n) is 13.1. The Labute approximate surface area is 115 Å². The Balaban J connectivity index is 1.94. The first-order chi connectivity index (χ1) is 8.47. The van der Waals surface area contributed by atoms with Gasteiger partial charge in [-0.05, 0) is 56.7 Å². The number of likely N-dealkylation sites (tertiary alicyclic amines) is 1. The average molecular weight is 254 g/mol. The fourth-order valence-corrected chi connectivity index (χ4v) is 3.04. The minimum absolute atomic E-state index is 0.479. The van der Waals surface area contributed by atoms with Gasteiger partial charge in [0.25, 0.3) is 0 Å². The van der Waals surface area contributed by atoms with Crippen LogP contribution in [0.5, 0.6) is 0 Å². The zero-order valence-corrected chi connectivity index (χ0v) is 13.1. The number of hydrogen-bond acceptors (Lipinski definition) is 2. The molecule has 1 aliphatic rings. The fourth-order valence-electron chi connectivity index (χ4n) is 3.04. The molecule has 2 heteroatoms. The Hall–Kier alpha value is -0.0800. The number of nitrogens with one attached hydrogen (secondary N) is 1. The second-order valence-corrected chi connectivity index (χ2v) is 7.31. The summed E-state index contributed by atoms with van der Waals surface area (Å²) in [7, 11) is 0. The Kier molecular flexibility index (Phi) is 7.25. The summed E-state index contributed by atoms with van der Waals surface area (Å²) in [5.74, 6) is 0.840. The van der Waals surface area contributed by atoms with Gasteiger partial charge in [0.1, 0.15) is 0 Å². The molecule has 108 valence electrons. The van der Waals surface area contributed by atoms with Crippen LogP contribution in [0.2, 0.25) is 0 Å². The highest BCUT2D eigenvalue weighted by molar-refractivity contribution is 4.68. The molecule has 0 radical (unpaired) electrons. The molecule has 0 aromatic rings. The molecule has 1 N–H and O–H groups in total. The SMILES string of the molecule is CC(CCNCCN1CCCCC1)CC(C)(C)C. The molecule has 1 unspecified atom stereocenters. The first-order valence-electron chi connectivity index (χ1n) is 7.90. The number of hydrogen-bond donors (Lipinski definition) is 1. The van der Waals surface area contributed by atoms with E-state index in [4.69, 9.17) is 0 Å². The van der Waals surface area contributed by atoms with E-state index in [1.54, 1.807) is 0 Å². The third-order valence-electron chi connectivity index (χ3n) is 3.83. The van der Waals surface area contributed by atoms with Crippen molar-refractivity contribution in [2.45, 2.75) is 59.8 Å². The van der Waals surface area contributed by atoms with Crippen molar-refractivity contribution in [1.82, 2.24) is 10.2 Å². The van der Waals surface area contributed by atoms with Crippen LogP contribution in [0.25, 0.3) is 0 Å². The van der Waals surface area contributed by atoms with Gasteiger partial charge in [-0.25, -0.2) is 0 Å². The van der Waals surface area contributed by atoms with Crippen LogP contribution in [0, 0.1) is 11.3 Å². The van der Waals surface area contributed by atoms with Gasteiger partial charge in [0, 0.05) is 13.1 Å². The number of rotatable bonds is 7. The van der Waals surface area contributed by atoms with Gasteiger partial charge in [-0.15, -0.1) is 0 Å². The molecule has 1 atom stereocenters. The van der Waals surface area contributed by atoms with Crippen LogP contribution in [0.3, 0.4) is 0 Å². The monoisotopic (exact) mass is 254 g/mol. The summed E-state index contributed by atoms with van der Waals surface area (Å²) in [5.41, 5.74) is 0.479. The van der Waals surface area contributed by atoms with Gasteiger partial charge in [0.05, 0.1) is 0 Å². The molecule has 1 fully saturated rings. The van der Waals surface area contributed by atoms with Gasteiger partial charge >= 0.3 is 0 Å². The van der Waals surface area contributed by atoms with Gasteiger partial charge in [0.2, 0.25) is 0 Å². The summed E-state index contributed by atoms with van der Waals surface area (Å²) in [6.45, 7) is 15.6. The van der Waals surface area contributed by atoms with Crippen LogP contribution in [-0.2, 0) is 0 Å². The predicted octanol–water partition coefficient (Wildman–Crippen LogP) is 3.52. The molecule has 0 aromatic carbocycles. The maximum atomic E-state index is 3.61. The predicted molar refractivity (Wildman–Crippen MR) is 81.0 cm³/mol. The van der Waals surface area contributed by atoms with Crippen LogP contribution in [-0.4, -0.2) is 37.6 Å². The summed E-state index contributed by atoms with van der Waals surface area (Å²) in [6.07, 6.45) is 6.90. The normalized spacial score (nSPS) is 20.0. The summed E-state index contributed by atoms with van der Waals surface area (Å²) in [4.78, 5) is 2.61. The third kappa shape index (κ3) is 8.10. The van der Waals surface area contributed by atoms with Gasteiger partial charge in [-0.2, -0.15) is 0 Å². The van der Waals surface area contributed by atoms with E-state index < -0.39 is 0 Å². The third-order valence-corrected chi connectivity index (χ3v) is 3.83. The standard InChI is InChI=1S/C16H34N2/c1-15(14-16(2,3)4)8-9-17-10-13-18-11-6-5-7-12-18/h15,17H,5-14H2,1-4H3. The molecular weight excluding hydrogens is 220 g/mol. The van der Waals surface area contributed by atoms with E-state index in [-0.39, 0.29) is 0 Å². The van der Waals surface area contributed by atoms with E-state index in [0.717, 1.165) is 5.92 Å². The first-order valence-corrected chi connectivity index (χ1v) is 7.90. The first kappa shape index (κ1) is 16.0. The highest BCUT2D eigenvalue weighted by Gasteiger charge is 2.14. The molecule has 1 heterocycles. The van der Waals surface area contributed by atoms with Crippen LogP contribution < -0.4 is 5.32 Å². The second-order valence-electron chi connectivity index (χ2n) is 7.31. The molecule has 18 heavy (non-hydrogen) atoms. The molecule has 0 spiro atoms. The Morgan fingerprint density at radius 3 is 2.33 bits per heavy atom. The zero-order chi connectivity index (χ0) is 13.4. The van der Waals surface area contributed by atoms with E-state index in [0.29, 0.717) is 5.41 Å². The summed E-state index contributed by atoms with van der Waals surface area (Å²) >= 11 is 0. The van der Waals surface area contributed by atoms with Crippen LogP contribution in [0.1, 0.15) is 59.8 Å². The van der Waals surface area contributed by atoms with Crippen molar-refractivity contribution in [1.29, 1.82) is 0 Å². The molecule has 0 amide bonds. The molecule has 0 aliphatic carbocycles. The smallest absolute Gasteiger partial charge is 0.0107 e. The van der Waals surface area contributed by atoms with Crippen molar-refractivity contribution in [2.75, 3.05) is 32.7 Å². The van der Waals surface area contributed by atoms with Gasteiger partial charge in [0.15, 0.2) is 0 Å². The Morgan fingerprint density at radius 1 is 1.06 bits per heavy atom. The summed E-state index contributed by atoms with van der Waals surface area (Å²) in [5, 5.41) is 3.61. The maximum absolute atomic E-state index is 3.61. The van der Waals surface area contributed by atoms with Crippen LogP contribution in [0.15, 0.2) is 0 Å². The maximum Gasteiger partial charge on any atom is 0.0107 e. The second kappa shape index (κ2) is 8.16. The topological polar surface area (TPSA) is 15.3 Å². The van der Waals surface area contributed by atoms with E-state index in [2.05, 4.69) is 37.9 Å². The Morgan fingerprint density at radius 2 is 1.72 bits per heavy atom. The lowest BCUT2D eigenvalue weighted by atomic mass is 9.84. The lowest BCUT2D eigenvalue weighted by Crippen LogP contribution is -2.36. The van der Waals surface area contributed by atoms with Crippen molar-refractivity contribution < 1.29 is 0 Å². The highest BCUT2D eigenvalue weighted by atomic mass is 15.1. The van der Waals surface area contributed by atoms with Gasteiger partial charge < -0.3 is 10.2 Å². The van der Waals surface area contributed by atoms with Crippen LogP contribution in [0.4, 0.5) is 0 Å². The van der Waals surface area contributed by atoms with Crippen molar-refractivity contribution in [3.8, 4) is 0 Å². The molecule has 1 aliphatic heterocycles. The van der Waals surface area contributed by atoms with Crippen molar-refractivity contribution in [3.05, 3.63) is 0 Å². The number of nitrogens with zero attached hydrogens (tertiary/aromatic N) is 1. The van der Waals surface area contributed by atoms with Crippen molar-refractivity contribution >= 4 is 0 Å². The molecule has 0 saturated carbocycles. The van der Waals surface area contributed by atoms with Crippen molar-refractivity contribution in [3.63, 3.8) is 0 Å². The van der Waals surface area contributed by atoms with Crippen LogP contribution >= 0.6 is 0 Å². The molecular formula is C16H34N2. The van der Waals surface area contributed by atoms with Crippen molar-refractivity contribution in [2.24, 2.45) is 11.3 Å². The molecule has 2 nitrogen and oxygen atoms in total. The average Bonchev–Trinajstić information content (AvgIpc) is 2.27. The number of piperidine rings is 1. The molecule has 0 aromatic heterocycles. The van der Waals surface area contributed by atoms with E-state index in [9.17, 15) is 0 Å². The lowest BCUT2D eigenvalue weighted by Gasteiger charge is -2.26. The van der Waals surface area contributed by atoms with Gasteiger partial charge in [-0.3, -0.25) is 0 Å². The minimum atomic E-state index is 0.479. The van der Waals surface area contributed by atoms with E-state index in [1.807, 2.05) is 0 Å². The quantitative estimate of drug-likeness (QED) is 0.699. The minimum Gasteiger partial charge on any atom is -0.315 e.